The van der Waals surface area contributed by atoms with Gasteiger partial charge in [0, 0.05) is 11.4 Å². The molecular weight excluding hydrogens is 360 g/mol. The maximum Gasteiger partial charge on any atom is 0.410 e. The first-order valence-electron chi connectivity index (χ1n) is 8.12. The number of carbonyl (C=O) groups excluding carboxylic acids is 1. The average molecular weight is 379 g/mol. The van der Waals surface area contributed by atoms with Crippen LogP contribution in [0.25, 0.3) is 22.1 Å². The van der Waals surface area contributed by atoms with Crippen molar-refractivity contribution in [3.05, 3.63) is 34.7 Å². The number of benzene rings is 1. The first kappa shape index (κ1) is 18.1. The number of amides is 1. The van der Waals surface area contributed by atoms with Gasteiger partial charge in [-0.05, 0) is 38.1 Å². The van der Waals surface area contributed by atoms with Crippen LogP contribution in [0.1, 0.15) is 13.8 Å². The summed E-state index contributed by atoms with van der Waals surface area (Å²) in [4.78, 5) is 34.5. The Morgan fingerprint density at radius 1 is 1.31 bits per heavy atom. The number of cyclic esters (lactones) is 1. The molecule has 2 N–H and O–H groups in total. The highest BCUT2D eigenvalue weighted by atomic mass is 35.5. The van der Waals surface area contributed by atoms with Gasteiger partial charge >= 0.3 is 11.8 Å². The summed E-state index contributed by atoms with van der Waals surface area (Å²) in [5.74, 6) is 0.658. The van der Waals surface area contributed by atoms with Crippen molar-refractivity contribution in [3.63, 3.8) is 0 Å². The largest absolute Gasteiger partial charge is 0.490 e. The van der Waals surface area contributed by atoms with Crippen LogP contribution < -0.4 is 10.4 Å². The molecule has 3 aromatic rings. The molecule has 0 bridgehead atoms. The first-order valence-corrected chi connectivity index (χ1v) is 8.12. The van der Waals surface area contributed by atoms with Gasteiger partial charge in [-0.2, -0.15) is 0 Å². The number of hydrogen-bond donors (Lipinski definition) is 2. The van der Waals surface area contributed by atoms with E-state index in [0.717, 1.165) is 10.9 Å². The highest BCUT2D eigenvalue weighted by Gasteiger charge is 2.33. The molecule has 9 heteroatoms. The van der Waals surface area contributed by atoms with Gasteiger partial charge in [-0.25, -0.2) is 14.6 Å². The molecule has 2 aromatic heterocycles. The number of fused-ring (bicyclic) bond motifs is 2. The minimum absolute atomic E-state index is 0. The van der Waals surface area contributed by atoms with E-state index in [0.29, 0.717) is 23.5 Å². The van der Waals surface area contributed by atoms with E-state index in [1.54, 1.807) is 4.90 Å². The van der Waals surface area contributed by atoms with Crippen LogP contribution in [0, 0.1) is 0 Å². The molecule has 3 heterocycles. The fourth-order valence-electron chi connectivity index (χ4n) is 2.94. The van der Waals surface area contributed by atoms with Gasteiger partial charge in [-0.15, -0.1) is 12.4 Å². The molecule has 26 heavy (non-hydrogen) atoms. The van der Waals surface area contributed by atoms with Gasteiger partial charge in [0.2, 0.25) is 0 Å². The van der Waals surface area contributed by atoms with Gasteiger partial charge < -0.3 is 19.4 Å². The Morgan fingerprint density at radius 2 is 2.12 bits per heavy atom. The lowest BCUT2D eigenvalue weighted by atomic mass is 10.2. The van der Waals surface area contributed by atoms with Crippen molar-refractivity contribution in [1.82, 2.24) is 19.9 Å². The third-order valence-corrected chi connectivity index (χ3v) is 4.23. The van der Waals surface area contributed by atoms with Crippen molar-refractivity contribution in [2.24, 2.45) is 0 Å². The summed E-state index contributed by atoms with van der Waals surface area (Å²) in [6.07, 6.45) is -0.586. The second kappa shape index (κ2) is 6.87. The lowest BCUT2D eigenvalue weighted by Gasteiger charge is -2.16. The van der Waals surface area contributed by atoms with E-state index in [1.807, 2.05) is 38.1 Å². The van der Waals surface area contributed by atoms with Crippen LogP contribution >= 0.6 is 12.4 Å². The molecule has 1 aliphatic heterocycles. The molecule has 1 saturated heterocycles. The third kappa shape index (κ3) is 3.32. The maximum absolute atomic E-state index is 11.7. The SMILES string of the molecule is CC(C)N1CC(COc2ccc3nc4[nH]c(=O)[nH]c4cc3c2)OC1=O.Cl. The van der Waals surface area contributed by atoms with E-state index >= 15 is 0 Å². The van der Waals surface area contributed by atoms with E-state index in [9.17, 15) is 9.59 Å². The fraction of sp³-hybridized carbons (Fsp3) is 0.353. The summed E-state index contributed by atoms with van der Waals surface area (Å²) < 4.78 is 11.1. The van der Waals surface area contributed by atoms with Crippen LogP contribution in [-0.2, 0) is 4.74 Å². The monoisotopic (exact) mass is 378 g/mol. The van der Waals surface area contributed by atoms with Gasteiger partial charge in [0.25, 0.3) is 0 Å². The number of nitrogens with one attached hydrogen (secondary N) is 2. The summed E-state index contributed by atoms with van der Waals surface area (Å²) >= 11 is 0. The van der Waals surface area contributed by atoms with E-state index in [-0.39, 0.29) is 42.9 Å². The Morgan fingerprint density at radius 3 is 2.85 bits per heavy atom. The summed E-state index contributed by atoms with van der Waals surface area (Å²) in [5, 5.41) is 0.854. The summed E-state index contributed by atoms with van der Waals surface area (Å²) in [6, 6.07) is 7.44. The first-order chi connectivity index (χ1) is 12.0. The number of carbonyl (C=O) groups is 1. The zero-order valence-corrected chi connectivity index (χ0v) is 15.1. The second-order valence-corrected chi connectivity index (χ2v) is 6.38. The number of aromatic nitrogens is 3. The van der Waals surface area contributed by atoms with Gasteiger partial charge in [-0.3, -0.25) is 4.98 Å². The zero-order valence-electron chi connectivity index (χ0n) is 14.3. The third-order valence-electron chi connectivity index (χ3n) is 4.23. The Balaban J connectivity index is 0.00000196. The van der Waals surface area contributed by atoms with E-state index in [2.05, 4.69) is 15.0 Å². The highest BCUT2D eigenvalue weighted by Crippen LogP contribution is 2.23. The smallest absolute Gasteiger partial charge is 0.410 e. The summed E-state index contributed by atoms with van der Waals surface area (Å²) in [6.45, 7) is 4.72. The lowest BCUT2D eigenvalue weighted by Crippen LogP contribution is -2.32. The van der Waals surface area contributed by atoms with Crippen molar-refractivity contribution in [3.8, 4) is 5.75 Å². The van der Waals surface area contributed by atoms with Crippen LogP contribution in [0.2, 0.25) is 0 Å². The number of aromatic amines is 2. The summed E-state index contributed by atoms with van der Waals surface area (Å²) in [5.41, 5.74) is 1.64. The topological polar surface area (TPSA) is 100 Å². The number of nitrogens with zero attached hydrogens (tertiary/aromatic N) is 2. The van der Waals surface area contributed by atoms with Crippen LogP contribution in [0.3, 0.4) is 0 Å². The Labute approximate surface area is 154 Å². The Bertz CT molecular complexity index is 1010. The number of ether oxygens (including phenoxy) is 2. The molecule has 1 aliphatic rings. The predicted molar refractivity (Wildman–Crippen MR) is 99.1 cm³/mol. The second-order valence-electron chi connectivity index (χ2n) is 6.38. The number of H-pyrrole nitrogens is 2. The molecule has 1 amide bonds. The van der Waals surface area contributed by atoms with Gasteiger partial charge in [0.05, 0.1) is 17.6 Å². The van der Waals surface area contributed by atoms with Crippen molar-refractivity contribution in [1.29, 1.82) is 0 Å². The van der Waals surface area contributed by atoms with Crippen molar-refractivity contribution < 1.29 is 14.3 Å². The Hall–Kier alpha value is -2.74. The normalized spacial score (nSPS) is 17.0. The molecular formula is C17H19ClN4O4. The number of halogens is 1. The van der Waals surface area contributed by atoms with Crippen molar-refractivity contribution >= 4 is 40.6 Å². The highest BCUT2D eigenvalue weighted by molar-refractivity contribution is 5.90. The van der Waals surface area contributed by atoms with Crippen molar-refractivity contribution in [2.75, 3.05) is 13.2 Å². The maximum atomic E-state index is 11.7. The van der Waals surface area contributed by atoms with Gasteiger partial charge in [-0.1, -0.05) is 0 Å². The van der Waals surface area contributed by atoms with Crippen LogP contribution in [0.4, 0.5) is 4.79 Å². The minimum Gasteiger partial charge on any atom is -0.490 e. The molecule has 1 aromatic carbocycles. The molecule has 1 fully saturated rings. The molecule has 8 nitrogen and oxygen atoms in total. The number of hydrogen-bond acceptors (Lipinski definition) is 5. The predicted octanol–water partition coefficient (Wildman–Crippen LogP) is 2.43. The lowest BCUT2D eigenvalue weighted by molar-refractivity contribution is 0.102. The van der Waals surface area contributed by atoms with E-state index in [4.69, 9.17) is 9.47 Å². The molecule has 1 unspecified atom stereocenters. The molecule has 4 rings (SSSR count). The zero-order chi connectivity index (χ0) is 17.6. The minimum atomic E-state index is -0.301. The average Bonchev–Trinajstić information content (AvgIpc) is 3.11. The van der Waals surface area contributed by atoms with E-state index in [1.165, 1.54) is 0 Å². The quantitative estimate of drug-likeness (QED) is 0.726. The fourth-order valence-corrected chi connectivity index (χ4v) is 2.94. The molecule has 0 saturated carbocycles. The van der Waals surface area contributed by atoms with Crippen LogP contribution in [0.5, 0.6) is 5.75 Å². The van der Waals surface area contributed by atoms with E-state index < -0.39 is 0 Å². The molecule has 1 atom stereocenters. The van der Waals surface area contributed by atoms with Gasteiger partial charge in [0.1, 0.15) is 12.4 Å². The molecule has 0 radical (unpaired) electrons. The number of imidazole rings is 1. The van der Waals surface area contributed by atoms with Gasteiger partial charge in [0.15, 0.2) is 11.8 Å². The molecule has 0 aliphatic carbocycles. The molecule has 0 spiro atoms. The summed E-state index contributed by atoms with van der Waals surface area (Å²) in [7, 11) is 0. The number of rotatable bonds is 4. The molecule has 138 valence electrons. The number of pyridine rings is 1. The van der Waals surface area contributed by atoms with Crippen molar-refractivity contribution in [2.45, 2.75) is 26.0 Å². The van der Waals surface area contributed by atoms with Crippen LogP contribution in [-0.4, -0.2) is 51.2 Å². The Kier molecular flexibility index (Phi) is 4.78. The standard InChI is InChI=1S/C17H18N4O4.ClH/c1-9(2)21-7-12(25-17(21)23)8-24-11-3-4-13-10(5-11)6-14-15(18-13)20-16(22)19-14;/h3-6,9,12H,7-8H2,1-2H3,(H2,18,19,20,22);1H. The van der Waals surface area contributed by atoms with Crippen LogP contribution in [0.15, 0.2) is 29.1 Å².